The third-order valence-electron chi connectivity index (χ3n) is 2.21. The lowest BCUT2D eigenvalue weighted by atomic mass is 10.3. The van der Waals surface area contributed by atoms with Crippen LogP contribution < -0.4 is 4.31 Å². The van der Waals surface area contributed by atoms with E-state index in [1.807, 2.05) is 6.07 Å². The largest absolute Gasteiger partial charge is 0.392 e. The van der Waals surface area contributed by atoms with Crippen molar-refractivity contribution in [3.05, 3.63) is 30.3 Å². The number of nitrogens with zero attached hydrogens (tertiary/aromatic N) is 2. The lowest BCUT2D eigenvalue weighted by Crippen LogP contribution is -2.43. The molecule has 0 radical (unpaired) electrons. The van der Waals surface area contributed by atoms with E-state index < -0.39 is 16.3 Å². The third kappa shape index (κ3) is 3.42. The Morgan fingerprint density at radius 1 is 1.24 bits per heavy atom. The van der Waals surface area contributed by atoms with Gasteiger partial charge in [-0.15, -0.1) is 0 Å². The molecule has 0 heterocycles. The molecule has 5 nitrogen and oxygen atoms in total. The first kappa shape index (κ1) is 14.0. The molecule has 0 aromatic heterocycles. The lowest BCUT2D eigenvalue weighted by Gasteiger charge is -2.28. The van der Waals surface area contributed by atoms with Crippen LogP contribution in [0.5, 0.6) is 0 Å². The van der Waals surface area contributed by atoms with E-state index in [2.05, 4.69) is 0 Å². The van der Waals surface area contributed by atoms with E-state index in [4.69, 9.17) is 0 Å². The standard InChI is InChI=1S/C11H18N2O3S/c1-10(14)9-13(17(15,16)12(2)3)11-7-5-4-6-8-11/h4-8,10,14H,9H2,1-3H3/t10-/m0/s1. The Bertz CT molecular complexity index is 443. The topological polar surface area (TPSA) is 60.9 Å². The van der Waals surface area contributed by atoms with Gasteiger partial charge in [0.25, 0.3) is 0 Å². The SMILES string of the molecule is C[C@H](O)CN(c1ccccc1)S(=O)(=O)N(C)C. The van der Waals surface area contributed by atoms with Crippen LogP contribution in [0.4, 0.5) is 5.69 Å². The van der Waals surface area contributed by atoms with E-state index in [1.165, 1.54) is 18.4 Å². The molecule has 6 heteroatoms. The van der Waals surface area contributed by atoms with E-state index in [9.17, 15) is 13.5 Å². The number of hydrogen-bond acceptors (Lipinski definition) is 3. The first-order valence-corrected chi connectivity index (χ1v) is 6.68. The average Bonchev–Trinajstić information content (AvgIpc) is 2.26. The van der Waals surface area contributed by atoms with E-state index in [1.54, 1.807) is 31.2 Å². The predicted octanol–water partition coefficient (Wildman–Crippen LogP) is 0.680. The molecule has 1 aromatic carbocycles. The van der Waals surface area contributed by atoms with Crippen LogP contribution in [0.25, 0.3) is 0 Å². The normalized spacial score (nSPS) is 13.7. The molecule has 1 atom stereocenters. The van der Waals surface area contributed by atoms with Crippen LogP contribution in [0.1, 0.15) is 6.92 Å². The van der Waals surface area contributed by atoms with Gasteiger partial charge in [-0.3, -0.25) is 4.31 Å². The average molecular weight is 258 g/mol. The Morgan fingerprint density at radius 3 is 2.18 bits per heavy atom. The molecule has 0 amide bonds. The summed E-state index contributed by atoms with van der Waals surface area (Å²) in [6, 6.07) is 8.73. The number of anilines is 1. The number of rotatable bonds is 5. The minimum atomic E-state index is -3.58. The van der Waals surface area contributed by atoms with Crippen molar-refractivity contribution in [1.29, 1.82) is 0 Å². The summed E-state index contributed by atoms with van der Waals surface area (Å²) in [5.74, 6) is 0. The van der Waals surface area contributed by atoms with Crippen LogP contribution in [0.3, 0.4) is 0 Å². The molecule has 0 saturated carbocycles. The van der Waals surface area contributed by atoms with Crippen LogP contribution in [-0.4, -0.2) is 44.6 Å². The zero-order valence-electron chi connectivity index (χ0n) is 10.2. The Balaban J connectivity index is 3.14. The van der Waals surface area contributed by atoms with Crippen LogP contribution in [0.2, 0.25) is 0 Å². The van der Waals surface area contributed by atoms with Crippen LogP contribution >= 0.6 is 0 Å². The minimum Gasteiger partial charge on any atom is -0.392 e. The second-order valence-electron chi connectivity index (χ2n) is 4.01. The Hall–Kier alpha value is -1.11. The summed E-state index contributed by atoms with van der Waals surface area (Å²) in [5.41, 5.74) is 0.544. The monoisotopic (exact) mass is 258 g/mol. The van der Waals surface area contributed by atoms with Gasteiger partial charge in [0.05, 0.1) is 18.3 Å². The zero-order valence-corrected chi connectivity index (χ0v) is 11.1. The van der Waals surface area contributed by atoms with Crippen molar-refractivity contribution in [2.45, 2.75) is 13.0 Å². The highest BCUT2D eigenvalue weighted by atomic mass is 32.2. The van der Waals surface area contributed by atoms with E-state index in [0.717, 1.165) is 4.31 Å². The first-order chi connectivity index (χ1) is 7.85. The molecule has 0 aliphatic heterocycles. The fourth-order valence-corrected chi connectivity index (χ4v) is 2.55. The van der Waals surface area contributed by atoms with Crippen molar-refractivity contribution in [3.63, 3.8) is 0 Å². The van der Waals surface area contributed by atoms with Crippen LogP contribution in [0.15, 0.2) is 30.3 Å². The minimum absolute atomic E-state index is 0.0323. The van der Waals surface area contributed by atoms with Gasteiger partial charge in [-0.1, -0.05) is 18.2 Å². The van der Waals surface area contributed by atoms with Crippen molar-refractivity contribution < 1.29 is 13.5 Å². The van der Waals surface area contributed by atoms with Gasteiger partial charge in [0.2, 0.25) is 0 Å². The Morgan fingerprint density at radius 2 is 1.76 bits per heavy atom. The molecule has 0 bridgehead atoms. The number of para-hydroxylation sites is 1. The second-order valence-corrected chi connectivity index (χ2v) is 6.07. The highest BCUT2D eigenvalue weighted by Gasteiger charge is 2.25. The molecule has 96 valence electrons. The highest BCUT2D eigenvalue weighted by molar-refractivity contribution is 7.90. The molecule has 0 saturated heterocycles. The summed E-state index contributed by atoms with van der Waals surface area (Å²) in [6.45, 7) is 1.59. The molecule has 0 fully saturated rings. The fraction of sp³-hybridized carbons (Fsp3) is 0.455. The van der Waals surface area contributed by atoms with Gasteiger partial charge in [0.15, 0.2) is 0 Å². The molecule has 1 aromatic rings. The Labute approximate surface area is 102 Å². The molecule has 17 heavy (non-hydrogen) atoms. The summed E-state index contributed by atoms with van der Waals surface area (Å²) in [5, 5.41) is 9.40. The summed E-state index contributed by atoms with van der Waals surface area (Å²) < 4.78 is 26.5. The van der Waals surface area contributed by atoms with Gasteiger partial charge >= 0.3 is 10.2 Å². The van der Waals surface area contributed by atoms with Gasteiger partial charge in [0, 0.05) is 14.1 Å². The highest BCUT2D eigenvalue weighted by Crippen LogP contribution is 2.19. The predicted molar refractivity (Wildman–Crippen MR) is 68.1 cm³/mol. The van der Waals surface area contributed by atoms with Gasteiger partial charge < -0.3 is 5.11 Å². The van der Waals surface area contributed by atoms with E-state index >= 15 is 0 Å². The molecular formula is C11H18N2O3S. The van der Waals surface area contributed by atoms with Crippen LogP contribution in [0, 0.1) is 0 Å². The lowest BCUT2D eigenvalue weighted by molar-refractivity contribution is 0.204. The van der Waals surface area contributed by atoms with Gasteiger partial charge in [-0.2, -0.15) is 12.7 Å². The molecule has 0 aliphatic rings. The van der Waals surface area contributed by atoms with Crippen molar-refractivity contribution in [2.24, 2.45) is 0 Å². The fourth-order valence-electron chi connectivity index (χ4n) is 1.36. The summed E-state index contributed by atoms with van der Waals surface area (Å²) in [6.07, 6.45) is -0.732. The second kappa shape index (κ2) is 5.48. The van der Waals surface area contributed by atoms with Crippen molar-refractivity contribution in [1.82, 2.24) is 4.31 Å². The first-order valence-electron chi connectivity index (χ1n) is 5.29. The summed E-state index contributed by atoms with van der Waals surface area (Å²) in [7, 11) is -0.649. The molecule has 1 N–H and O–H groups in total. The van der Waals surface area contributed by atoms with Crippen molar-refractivity contribution in [3.8, 4) is 0 Å². The maximum absolute atomic E-state index is 12.1. The molecule has 0 unspecified atom stereocenters. The molecular weight excluding hydrogens is 240 g/mol. The molecule has 1 rings (SSSR count). The quantitative estimate of drug-likeness (QED) is 0.845. The van der Waals surface area contributed by atoms with Crippen molar-refractivity contribution >= 4 is 15.9 Å². The van der Waals surface area contributed by atoms with Gasteiger partial charge in [-0.25, -0.2) is 0 Å². The summed E-state index contributed by atoms with van der Waals surface area (Å²) in [4.78, 5) is 0. The third-order valence-corrected chi connectivity index (χ3v) is 4.05. The zero-order chi connectivity index (χ0) is 13.1. The van der Waals surface area contributed by atoms with E-state index in [-0.39, 0.29) is 6.54 Å². The smallest absolute Gasteiger partial charge is 0.303 e. The maximum Gasteiger partial charge on any atom is 0.303 e. The van der Waals surface area contributed by atoms with Gasteiger partial charge in [-0.05, 0) is 19.1 Å². The maximum atomic E-state index is 12.1. The summed E-state index contributed by atoms with van der Waals surface area (Å²) >= 11 is 0. The Kier molecular flexibility index (Phi) is 4.50. The van der Waals surface area contributed by atoms with Gasteiger partial charge in [0.1, 0.15) is 0 Å². The van der Waals surface area contributed by atoms with E-state index in [0.29, 0.717) is 5.69 Å². The number of aliphatic hydroxyl groups excluding tert-OH is 1. The number of aliphatic hydroxyl groups is 1. The van der Waals surface area contributed by atoms with Crippen LogP contribution in [-0.2, 0) is 10.2 Å². The number of hydrogen-bond donors (Lipinski definition) is 1. The molecule has 0 spiro atoms. The van der Waals surface area contributed by atoms with Crippen molar-refractivity contribution in [2.75, 3.05) is 24.9 Å². The number of benzene rings is 1. The molecule has 0 aliphatic carbocycles.